The summed E-state index contributed by atoms with van der Waals surface area (Å²) in [6.07, 6.45) is 1.18. The fourth-order valence-electron chi connectivity index (χ4n) is 0.844. The summed E-state index contributed by atoms with van der Waals surface area (Å²) >= 11 is 2.93. The van der Waals surface area contributed by atoms with Gasteiger partial charge in [-0.05, 0) is 28.1 Å². The van der Waals surface area contributed by atoms with Crippen molar-refractivity contribution in [3.05, 3.63) is 28.5 Å². The summed E-state index contributed by atoms with van der Waals surface area (Å²) in [5.74, 6) is -5.23. The minimum Gasteiger partial charge on any atom is -0.464 e. The van der Waals surface area contributed by atoms with Crippen molar-refractivity contribution in [2.45, 2.75) is 5.92 Å². The van der Waals surface area contributed by atoms with Gasteiger partial charge in [-0.3, -0.25) is 0 Å². The van der Waals surface area contributed by atoms with E-state index in [0.717, 1.165) is 19.2 Å². The molecular formula is C8H6BrF2NO2. The number of ether oxygens (including phenoxy) is 1. The van der Waals surface area contributed by atoms with Gasteiger partial charge in [-0.15, -0.1) is 0 Å². The predicted octanol–water partition coefficient (Wildman–Crippen LogP) is 2.11. The maximum atomic E-state index is 13.2. The Kier molecular flexibility index (Phi) is 3.15. The smallest absolute Gasteiger partial charge is 0.381 e. The van der Waals surface area contributed by atoms with Crippen LogP contribution in [0.3, 0.4) is 0 Å². The first-order valence-electron chi connectivity index (χ1n) is 3.56. The van der Waals surface area contributed by atoms with E-state index in [9.17, 15) is 13.6 Å². The Bertz CT molecular complexity index is 357. The Balaban J connectivity index is 3.09. The molecule has 0 saturated heterocycles. The third kappa shape index (κ3) is 2.06. The van der Waals surface area contributed by atoms with Crippen LogP contribution in [0, 0.1) is 0 Å². The normalized spacial score (nSPS) is 11.1. The molecule has 3 nitrogen and oxygen atoms in total. The zero-order valence-electron chi connectivity index (χ0n) is 7.13. The third-order valence-electron chi connectivity index (χ3n) is 1.53. The topological polar surface area (TPSA) is 39.2 Å². The molecule has 76 valence electrons. The van der Waals surface area contributed by atoms with E-state index in [1.54, 1.807) is 0 Å². The number of esters is 1. The van der Waals surface area contributed by atoms with E-state index < -0.39 is 17.5 Å². The summed E-state index contributed by atoms with van der Waals surface area (Å²) in [6.45, 7) is 0. The molecule has 0 N–H and O–H groups in total. The van der Waals surface area contributed by atoms with Gasteiger partial charge in [-0.2, -0.15) is 8.78 Å². The van der Waals surface area contributed by atoms with E-state index in [2.05, 4.69) is 25.7 Å². The summed E-state index contributed by atoms with van der Waals surface area (Å²) in [5.41, 5.74) is -0.453. The molecule has 0 bridgehead atoms. The lowest BCUT2D eigenvalue weighted by Gasteiger charge is -2.13. The second-order valence-corrected chi connectivity index (χ2v) is 3.25. The molecule has 0 fully saturated rings. The molecule has 0 unspecified atom stereocenters. The SMILES string of the molecule is COC(=O)C(F)(F)c1ccnc(Br)c1. The van der Waals surface area contributed by atoms with Crippen molar-refractivity contribution in [1.29, 1.82) is 0 Å². The first-order chi connectivity index (χ1) is 6.48. The van der Waals surface area contributed by atoms with Gasteiger partial charge in [0.1, 0.15) is 4.60 Å². The molecule has 0 atom stereocenters. The number of hydrogen-bond acceptors (Lipinski definition) is 3. The Morgan fingerprint density at radius 1 is 1.64 bits per heavy atom. The zero-order chi connectivity index (χ0) is 10.8. The molecular weight excluding hydrogens is 260 g/mol. The van der Waals surface area contributed by atoms with Gasteiger partial charge in [-0.25, -0.2) is 9.78 Å². The minimum atomic E-state index is -3.64. The molecule has 1 heterocycles. The average Bonchev–Trinajstić information content (AvgIpc) is 2.16. The molecule has 0 aliphatic heterocycles. The van der Waals surface area contributed by atoms with Crippen LogP contribution in [0.1, 0.15) is 5.56 Å². The molecule has 0 aliphatic rings. The van der Waals surface area contributed by atoms with E-state index >= 15 is 0 Å². The first kappa shape index (κ1) is 11.0. The lowest BCUT2D eigenvalue weighted by Crippen LogP contribution is -2.27. The highest BCUT2D eigenvalue weighted by molar-refractivity contribution is 9.10. The first-order valence-corrected chi connectivity index (χ1v) is 4.36. The number of hydrogen-bond donors (Lipinski definition) is 0. The van der Waals surface area contributed by atoms with Gasteiger partial charge in [-0.1, -0.05) is 0 Å². The van der Waals surface area contributed by atoms with Crippen LogP contribution in [0.15, 0.2) is 22.9 Å². The molecule has 0 radical (unpaired) electrons. The van der Waals surface area contributed by atoms with Crippen molar-refractivity contribution in [3.8, 4) is 0 Å². The van der Waals surface area contributed by atoms with Crippen LogP contribution < -0.4 is 0 Å². The Morgan fingerprint density at radius 3 is 2.79 bits per heavy atom. The molecule has 0 saturated carbocycles. The van der Waals surface area contributed by atoms with Crippen LogP contribution >= 0.6 is 15.9 Å². The van der Waals surface area contributed by atoms with E-state index in [1.807, 2.05) is 0 Å². The summed E-state index contributed by atoms with van der Waals surface area (Å²) < 4.78 is 30.6. The summed E-state index contributed by atoms with van der Waals surface area (Å²) in [4.78, 5) is 14.4. The van der Waals surface area contributed by atoms with Crippen molar-refractivity contribution in [2.24, 2.45) is 0 Å². The maximum absolute atomic E-state index is 13.2. The van der Waals surface area contributed by atoms with Crippen molar-refractivity contribution in [2.75, 3.05) is 7.11 Å². The fraction of sp³-hybridized carbons (Fsp3) is 0.250. The number of rotatable bonds is 2. The maximum Gasteiger partial charge on any atom is 0.381 e. The van der Waals surface area contributed by atoms with Gasteiger partial charge in [0.25, 0.3) is 0 Å². The van der Waals surface area contributed by atoms with Gasteiger partial charge < -0.3 is 4.74 Å². The quantitative estimate of drug-likeness (QED) is 0.608. The van der Waals surface area contributed by atoms with Crippen LogP contribution in [-0.4, -0.2) is 18.1 Å². The Labute approximate surface area is 87.2 Å². The van der Waals surface area contributed by atoms with Crippen LogP contribution in [-0.2, 0) is 15.5 Å². The third-order valence-corrected chi connectivity index (χ3v) is 1.96. The van der Waals surface area contributed by atoms with Gasteiger partial charge in [0.05, 0.1) is 7.11 Å². The van der Waals surface area contributed by atoms with E-state index in [4.69, 9.17) is 0 Å². The lowest BCUT2D eigenvalue weighted by atomic mass is 10.1. The molecule has 6 heteroatoms. The van der Waals surface area contributed by atoms with Crippen LogP contribution in [0.2, 0.25) is 0 Å². The number of alkyl halides is 2. The number of carbonyl (C=O) groups excluding carboxylic acids is 1. The van der Waals surface area contributed by atoms with Crippen LogP contribution in [0.25, 0.3) is 0 Å². The number of carbonyl (C=O) groups is 1. The molecule has 1 rings (SSSR count). The van der Waals surface area contributed by atoms with Crippen molar-refractivity contribution >= 4 is 21.9 Å². The standard InChI is InChI=1S/C8H6BrF2NO2/c1-14-7(13)8(10,11)5-2-3-12-6(9)4-5/h2-4H,1H3. The second-order valence-electron chi connectivity index (χ2n) is 2.43. The van der Waals surface area contributed by atoms with E-state index in [-0.39, 0.29) is 4.60 Å². The molecule has 14 heavy (non-hydrogen) atoms. The van der Waals surface area contributed by atoms with Crippen LogP contribution in [0.4, 0.5) is 8.78 Å². The fourth-order valence-corrected chi connectivity index (χ4v) is 1.21. The number of nitrogens with zero attached hydrogens (tertiary/aromatic N) is 1. The summed E-state index contributed by atoms with van der Waals surface area (Å²) in [6, 6.07) is 2.12. The molecule has 0 spiro atoms. The van der Waals surface area contributed by atoms with Gasteiger partial charge in [0.15, 0.2) is 0 Å². The van der Waals surface area contributed by atoms with Crippen molar-refractivity contribution < 1.29 is 18.3 Å². The van der Waals surface area contributed by atoms with Crippen molar-refractivity contribution in [3.63, 3.8) is 0 Å². The number of methoxy groups -OCH3 is 1. The Morgan fingerprint density at radius 2 is 2.29 bits per heavy atom. The molecule has 0 aromatic carbocycles. The molecule has 1 aromatic rings. The summed E-state index contributed by atoms with van der Waals surface area (Å²) in [5, 5.41) is 0. The predicted molar refractivity (Wildman–Crippen MR) is 47.8 cm³/mol. The van der Waals surface area contributed by atoms with Gasteiger partial charge >= 0.3 is 11.9 Å². The molecule has 0 amide bonds. The largest absolute Gasteiger partial charge is 0.464 e. The minimum absolute atomic E-state index is 0.235. The van der Waals surface area contributed by atoms with E-state index in [0.29, 0.717) is 0 Å². The van der Waals surface area contributed by atoms with Crippen LogP contribution in [0.5, 0.6) is 0 Å². The molecule has 1 aromatic heterocycles. The Hall–Kier alpha value is -1.04. The van der Waals surface area contributed by atoms with Crippen molar-refractivity contribution in [1.82, 2.24) is 4.98 Å². The molecule has 0 aliphatic carbocycles. The highest BCUT2D eigenvalue weighted by atomic mass is 79.9. The number of aromatic nitrogens is 1. The monoisotopic (exact) mass is 265 g/mol. The zero-order valence-corrected chi connectivity index (χ0v) is 8.72. The lowest BCUT2D eigenvalue weighted by molar-refractivity contribution is -0.170. The highest BCUT2D eigenvalue weighted by Gasteiger charge is 2.42. The van der Waals surface area contributed by atoms with E-state index in [1.165, 1.54) is 6.20 Å². The number of pyridine rings is 1. The highest BCUT2D eigenvalue weighted by Crippen LogP contribution is 2.29. The average molecular weight is 266 g/mol. The summed E-state index contributed by atoms with van der Waals surface area (Å²) in [7, 11) is 0.909. The second kappa shape index (κ2) is 4.00. The van der Waals surface area contributed by atoms with Gasteiger partial charge in [0, 0.05) is 11.8 Å². The number of halogens is 3. The van der Waals surface area contributed by atoms with Gasteiger partial charge in [0.2, 0.25) is 0 Å².